The van der Waals surface area contributed by atoms with Crippen LogP contribution in [0.15, 0.2) is 18.2 Å². The van der Waals surface area contributed by atoms with Crippen LogP contribution in [0, 0.1) is 0 Å². The third kappa shape index (κ3) is 3.67. The Morgan fingerprint density at radius 3 is 2.62 bits per heavy atom. The van der Waals surface area contributed by atoms with Crippen LogP contribution in [-0.2, 0) is 0 Å². The molecule has 72 valence electrons. The largest absolute Gasteiger partial charge is 0.494 e. The molecule has 0 saturated heterocycles. The molecule has 0 radical (unpaired) electrons. The Morgan fingerprint density at radius 2 is 2.00 bits per heavy atom. The minimum Gasteiger partial charge on any atom is -0.494 e. The lowest BCUT2D eigenvalue weighted by atomic mass is 10.3. The first-order valence-electron chi connectivity index (χ1n) is 3.93. The van der Waals surface area contributed by atoms with Crippen LogP contribution in [0.3, 0.4) is 0 Å². The molecular weight excluding hydrogens is 227 g/mol. The summed E-state index contributed by atoms with van der Waals surface area (Å²) in [5.74, 6) is 1.57. The molecule has 0 aromatic heterocycles. The summed E-state index contributed by atoms with van der Waals surface area (Å²) in [6.07, 6.45) is 0.920. The Labute approximate surface area is 93.4 Å². The van der Waals surface area contributed by atoms with E-state index in [9.17, 15) is 0 Å². The van der Waals surface area contributed by atoms with Crippen molar-refractivity contribution in [2.75, 3.05) is 12.4 Å². The highest BCUT2D eigenvalue weighted by molar-refractivity contribution is 7.80. The second-order valence-electron chi connectivity index (χ2n) is 2.50. The van der Waals surface area contributed by atoms with E-state index in [2.05, 4.69) is 12.6 Å². The number of hydrogen-bond acceptors (Lipinski definition) is 2. The zero-order chi connectivity index (χ0) is 9.68. The molecule has 0 aliphatic heterocycles. The summed E-state index contributed by atoms with van der Waals surface area (Å²) < 4.78 is 5.39. The van der Waals surface area contributed by atoms with Gasteiger partial charge >= 0.3 is 0 Å². The number of thiol groups is 1. The highest BCUT2D eigenvalue weighted by Crippen LogP contribution is 2.26. The Kier molecular flexibility index (Phi) is 4.78. The van der Waals surface area contributed by atoms with Crippen LogP contribution in [-0.4, -0.2) is 12.4 Å². The fraction of sp³-hybridized carbons (Fsp3) is 0.333. The monoisotopic (exact) mass is 236 g/mol. The lowest BCUT2D eigenvalue weighted by molar-refractivity contribution is 0.319. The van der Waals surface area contributed by atoms with Crippen LogP contribution in [0.4, 0.5) is 0 Å². The lowest BCUT2D eigenvalue weighted by Gasteiger charge is -2.05. The maximum atomic E-state index is 5.80. The molecule has 1 aromatic carbocycles. The molecule has 0 N–H and O–H groups in total. The predicted octanol–water partition coefficient (Wildman–Crippen LogP) is 3.69. The zero-order valence-electron chi connectivity index (χ0n) is 6.96. The van der Waals surface area contributed by atoms with Crippen molar-refractivity contribution in [1.29, 1.82) is 0 Å². The SMILES string of the molecule is SCCCOc1ccc(Cl)c(Cl)c1. The quantitative estimate of drug-likeness (QED) is 0.620. The molecule has 0 fully saturated rings. The van der Waals surface area contributed by atoms with Crippen LogP contribution in [0.5, 0.6) is 5.75 Å². The Bertz CT molecular complexity index is 278. The van der Waals surface area contributed by atoms with Crippen LogP contribution >= 0.6 is 35.8 Å². The van der Waals surface area contributed by atoms with Gasteiger partial charge in [0.15, 0.2) is 0 Å². The Morgan fingerprint density at radius 1 is 1.23 bits per heavy atom. The molecular formula is C9H10Cl2OS. The minimum absolute atomic E-state index is 0.519. The maximum absolute atomic E-state index is 5.80. The molecule has 0 aliphatic carbocycles. The summed E-state index contributed by atoms with van der Waals surface area (Å²) in [7, 11) is 0. The molecule has 0 atom stereocenters. The van der Waals surface area contributed by atoms with Crippen molar-refractivity contribution in [3.05, 3.63) is 28.2 Å². The summed E-state index contributed by atoms with van der Waals surface area (Å²) >= 11 is 15.6. The van der Waals surface area contributed by atoms with Crippen LogP contribution in [0.2, 0.25) is 10.0 Å². The fourth-order valence-electron chi connectivity index (χ4n) is 0.821. The molecule has 0 heterocycles. The molecule has 4 heteroatoms. The van der Waals surface area contributed by atoms with Gasteiger partial charge in [-0.05, 0) is 24.3 Å². The molecule has 0 bridgehead atoms. The van der Waals surface area contributed by atoms with Gasteiger partial charge in [0.05, 0.1) is 16.7 Å². The molecule has 0 saturated carbocycles. The first-order valence-corrected chi connectivity index (χ1v) is 5.31. The molecule has 0 amide bonds. The number of hydrogen-bond donors (Lipinski definition) is 1. The van der Waals surface area contributed by atoms with Gasteiger partial charge in [0.2, 0.25) is 0 Å². The number of benzene rings is 1. The summed E-state index contributed by atoms with van der Waals surface area (Å²) in [6.45, 7) is 0.654. The van der Waals surface area contributed by atoms with Crippen molar-refractivity contribution in [2.45, 2.75) is 6.42 Å². The number of ether oxygens (including phenoxy) is 1. The second-order valence-corrected chi connectivity index (χ2v) is 3.76. The van der Waals surface area contributed by atoms with Gasteiger partial charge in [0, 0.05) is 6.07 Å². The van der Waals surface area contributed by atoms with Crippen LogP contribution < -0.4 is 4.74 Å². The summed E-state index contributed by atoms with van der Waals surface area (Å²) in [5.41, 5.74) is 0. The lowest BCUT2D eigenvalue weighted by Crippen LogP contribution is -1.97. The number of halogens is 2. The van der Waals surface area contributed by atoms with Crippen molar-refractivity contribution >= 4 is 35.8 Å². The van der Waals surface area contributed by atoms with Gasteiger partial charge in [0.25, 0.3) is 0 Å². The van der Waals surface area contributed by atoms with Gasteiger partial charge in [-0.1, -0.05) is 23.2 Å². The molecule has 1 rings (SSSR count). The smallest absolute Gasteiger partial charge is 0.120 e. The first-order chi connectivity index (χ1) is 6.24. The van der Waals surface area contributed by atoms with E-state index in [0.717, 1.165) is 17.9 Å². The summed E-state index contributed by atoms with van der Waals surface area (Å²) in [5, 5.41) is 1.06. The van der Waals surface area contributed by atoms with Crippen molar-refractivity contribution < 1.29 is 4.74 Å². The van der Waals surface area contributed by atoms with Gasteiger partial charge in [0.1, 0.15) is 5.75 Å². The average molecular weight is 237 g/mol. The molecule has 13 heavy (non-hydrogen) atoms. The molecule has 1 nitrogen and oxygen atoms in total. The van der Waals surface area contributed by atoms with E-state index in [-0.39, 0.29) is 0 Å². The zero-order valence-corrected chi connectivity index (χ0v) is 9.37. The molecule has 0 aliphatic rings. The van der Waals surface area contributed by atoms with Crippen molar-refractivity contribution in [3.8, 4) is 5.75 Å². The molecule has 1 aromatic rings. The van der Waals surface area contributed by atoms with Gasteiger partial charge in [-0.25, -0.2) is 0 Å². The van der Waals surface area contributed by atoms with E-state index >= 15 is 0 Å². The molecule has 0 spiro atoms. The third-order valence-corrected chi connectivity index (χ3v) is 2.52. The fourth-order valence-corrected chi connectivity index (χ4v) is 1.24. The van der Waals surface area contributed by atoms with Gasteiger partial charge in [-0.3, -0.25) is 0 Å². The standard InChI is InChI=1S/C9H10Cl2OS/c10-8-3-2-7(6-9(8)11)12-4-1-5-13/h2-3,6,13H,1,4-5H2. The van der Waals surface area contributed by atoms with Gasteiger partial charge in [-0.2, -0.15) is 12.6 Å². The highest BCUT2D eigenvalue weighted by Gasteiger charge is 1.99. The Hall–Kier alpha value is -0.0500. The van der Waals surface area contributed by atoms with Gasteiger partial charge < -0.3 is 4.74 Å². The van der Waals surface area contributed by atoms with Crippen LogP contribution in [0.1, 0.15) is 6.42 Å². The van der Waals surface area contributed by atoms with E-state index in [4.69, 9.17) is 27.9 Å². The average Bonchev–Trinajstić information content (AvgIpc) is 2.12. The predicted molar refractivity (Wildman–Crippen MR) is 60.4 cm³/mol. The summed E-state index contributed by atoms with van der Waals surface area (Å²) in [4.78, 5) is 0. The maximum Gasteiger partial charge on any atom is 0.120 e. The number of rotatable bonds is 4. The minimum atomic E-state index is 0.519. The second kappa shape index (κ2) is 5.63. The van der Waals surface area contributed by atoms with E-state index < -0.39 is 0 Å². The van der Waals surface area contributed by atoms with E-state index in [1.54, 1.807) is 18.2 Å². The normalized spacial score (nSPS) is 10.1. The van der Waals surface area contributed by atoms with Crippen molar-refractivity contribution in [3.63, 3.8) is 0 Å². The van der Waals surface area contributed by atoms with E-state index in [0.29, 0.717) is 16.7 Å². The highest BCUT2D eigenvalue weighted by atomic mass is 35.5. The van der Waals surface area contributed by atoms with E-state index in [1.165, 1.54) is 0 Å². The van der Waals surface area contributed by atoms with Crippen molar-refractivity contribution in [2.24, 2.45) is 0 Å². The topological polar surface area (TPSA) is 9.23 Å². The molecule has 0 unspecified atom stereocenters. The Balaban J connectivity index is 2.53. The van der Waals surface area contributed by atoms with Gasteiger partial charge in [-0.15, -0.1) is 0 Å². The third-order valence-electron chi connectivity index (χ3n) is 1.46. The van der Waals surface area contributed by atoms with Crippen molar-refractivity contribution in [1.82, 2.24) is 0 Å². The van der Waals surface area contributed by atoms with Crippen LogP contribution in [0.25, 0.3) is 0 Å². The summed E-state index contributed by atoms with van der Waals surface area (Å²) in [6, 6.07) is 5.23. The first kappa shape index (κ1) is 11.0. The van der Waals surface area contributed by atoms with E-state index in [1.807, 2.05) is 0 Å².